The van der Waals surface area contributed by atoms with Crippen molar-refractivity contribution in [1.29, 1.82) is 0 Å². The number of hydrogen-bond acceptors (Lipinski definition) is 31. The van der Waals surface area contributed by atoms with Gasteiger partial charge in [0.1, 0.15) is 55.5 Å². The van der Waals surface area contributed by atoms with Gasteiger partial charge < -0.3 is 75.8 Å². The van der Waals surface area contributed by atoms with Crippen molar-refractivity contribution in [1.82, 2.24) is 4.98 Å². The highest BCUT2D eigenvalue weighted by atomic mass is 32.1. The van der Waals surface area contributed by atoms with Gasteiger partial charge in [-0.3, -0.25) is 24.0 Å². The molecule has 28 nitrogen and oxygen atoms in total. The standard InChI is InChI=1S/C31H31NO6S3.C17H22O5.C16H22O4.C16H28O3.C15H24O5.C14H18O4/c1-16(33)18-3-7-20(8-4-18)30(35)37-22-11-12-23(38-31(36)21-9-5-19(6-10-21)17(2)34)28-27(22)32-29(41-28)26-15-25-24(40-26)13-14-39-25;1-3-16(18)21-12-6-4-5-7-13-22-17(19)14-8-10-15(20-2)11-9-14;1-3-16(17)20-13-7-5-4-6-12-19-15-10-8-14(18-2)9-11-15;1-3-16(17)19-13-7-5-4-6-8-14-9-11-15(18-2)12-10-14;1-3-14(16)19-10-4-5-11-20-15(17)12-6-8-13(18-2)9-7-12;1-3-14(15)18-11-5-4-10-17-13-8-6-12(16-2)7-9-13/h11-15,18-21H,3-10H2,1-2H3;3,8-11H,1,4-7,12-13H2,2H3;3,8-11H,1,4-7,12-13H2,2H3;3,14-15H,1,4-13H2,2H3;3,12-13H,1,4-11H2,2H3;3,6-9H,1,4-5,10-11H2,2H3. The molecule has 4 aromatic carbocycles. The van der Waals surface area contributed by atoms with Crippen LogP contribution in [0.3, 0.4) is 0 Å². The first-order valence-electron chi connectivity index (χ1n) is 48.8. The highest BCUT2D eigenvalue weighted by Crippen LogP contribution is 2.46. The number of thiophene rings is 2. The molecule has 0 atom stereocenters. The Balaban J connectivity index is 0.000000267. The van der Waals surface area contributed by atoms with Gasteiger partial charge in [0.25, 0.3) is 0 Å². The fourth-order valence-corrected chi connectivity index (χ4v) is 18.9. The minimum absolute atomic E-state index is 0.0139. The average molecular weight is 2000 g/mol. The number of benzene rings is 4. The molecule has 0 saturated heterocycles. The van der Waals surface area contributed by atoms with E-state index in [1.807, 2.05) is 55.6 Å². The zero-order valence-corrected chi connectivity index (χ0v) is 85.2. The number of carbonyl (C=O) groups excluding carboxylic acids is 11. The van der Waals surface area contributed by atoms with Crippen LogP contribution in [-0.4, -0.2) is 177 Å². The minimum atomic E-state index is -0.420. The number of rotatable bonds is 52. The van der Waals surface area contributed by atoms with Crippen LogP contribution in [0.2, 0.25) is 0 Å². The van der Waals surface area contributed by atoms with Crippen molar-refractivity contribution in [2.45, 2.75) is 238 Å². The maximum Gasteiger partial charge on any atom is 0.338 e. The summed E-state index contributed by atoms with van der Waals surface area (Å²) in [6.07, 6.45) is 37.0. The van der Waals surface area contributed by atoms with Gasteiger partial charge in [0.05, 0.1) is 121 Å². The number of Topliss-reactive ketones (excluding diaryl/α,β-unsaturated/α-hetero) is 2. The van der Waals surface area contributed by atoms with Crippen LogP contribution in [0, 0.1) is 35.5 Å². The highest BCUT2D eigenvalue weighted by molar-refractivity contribution is 7.31. The summed E-state index contributed by atoms with van der Waals surface area (Å²) in [4.78, 5) is 133. The van der Waals surface area contributed by atoms with Gasteiger partial charge in [-0.1, -0.05) is 58.6 Å². The SMILES string of the molecule is C=CC(=O)OCCCCCCC1CCC(OC)CC1.C=CC(=O)OCCCCCCOC(=O)c1ccc(OC)cc1.C=CC(=O)OCCCCCCOc1ccc(OC)cc1.C=CC(=O)OCCCCOC(=O)C1CCC(OC)CC1.C=CC(=O)OCCCCOc1ccc(OC)cc1.CC(=O)C1CCC(C(=O)Oc2ccc(OC(=O)C3CCC(C(C)=O)CC3)c3sc(-c4cc5sccc5s4)nc23)CC1. The van der Waals surface area contributed by atoms with Gasteiger partial charge in [-0.05, 0) is 308 Å². The summed E-state index contributed by atoms with van der Waals surface area (Å²) >= 11 is 4.75. The quantitative estimate of drug-likeness (QED) is 0.0112. The molecule has 4 aliphatic carbocycles. The summed E-state index contributed by atoms with van der Waals surface area (Å²) in [7, 11) is 8.38. The second kappa shape index (κ2) is 69.5. The highest BCUT2D eigenvalue weighted by Gasteiger charge is 2.34. The van der Waals surface area contributed by atoms with Crippen molar-refractivity contribution in [2.24, 2.45) is 35.5 Å². The minimum Gasteiger partial charge on any atom is -0.497 e. The van der Waals surface area contributed by atoms with E-state index in [0.29, 0.717) is 169 Å². The fraction of sp³-hybridized carbons (Fsp3) is 0.523. The van der Waals surface area contributed by atoms with Crippen LogP contribution in [0.1, 0.15) is 236 Å². The van der Waals surface area contributed by atoms with Gasteiger partial charge in [0.2, 0.25) is 0 Å². The smallest absolute Gasteiger partial charge is 0.338 e. The molecule has 31 heteroatoms. The Labute approximate surface area is 837 Å². The predicted octanol–water partition coefficient (Wildman–Crippen LogP) is 23.0. The summed E-state index contributed by atoms with van der Waals surface area (Å²) in [6, 6.07) is 29.3. The van der Waals surface area contributed by atoms with Crippen molar-refractivity contribution in [3.05, 3.63) is 171 Å². The van der Waals surface area contributed by atoms with Crippen LogP contribution < -0.4 is 33.2 Å². The lowest BCUT2D eigenvalue weighted by Crippen LogP contribution is -2.28. The number of aromatic nitrogens is 1. The molecule has 0 radical (unpaired) electrons. The van der Waals surface area contributed by atoms with E-state index < -0.39 is 11.9 Å². The van der Waals surface area contributed by atoms with Crippen LogP contribution in [-0.2, 0) is 90.6 Å². The number of carbonyl (C=O) groups is 11. The summed E-state index contributed by atoms with van der Waals surface area (Å²) in [6.45, 7) is 24.1. The number of thiazole rings is 1. The van der Waals surface area contributed by atoms with Crippen LogP contribution in [0.5, 0.6) is 40.2 Å². The number of unbranched alkanes of at least 4 members (excludes halogenated alkanes) is 11. The van der Waals surface area contributed by atoms with Crippen LogP contribution in [0.25, 0.3) is 29.5 Å². The molecule has 766 valence electrons. The molecule has 0 spiro atoms. The number of ketones is 2. The summed E-state index contributed by atoms with van der Waals surface area (Å²) < 4.78 is 86.6. The third-order valence-corrected chi connectivity index (χ3v) is 27.5. The molecule has 0 unspecified atom stereocenters. The van der Waals surface area contributed by atoms with E-state index in [1.165, 1.54) is 77.8 Å². The van der Waals surface area contributed by atoms with E-state index in [9.17, 15) is 52.7 Å². The Kier molecular flexibility index (Phi) is 58.2. The molecule has 140 heavy (non-hydrogen) atoms. The molecule has 0 bridgehead atoms. The van der Waals surface area contributed by atoms with Gasteiger partial charge in [0, 0.05) is 65.8 Å². The Morgan fingerprint density at radius 1 is 0.343 bits per heavy atom. The Hall–Kier alpha value is -11.4. The monoisotopic (exact) mass is 2000 g/mol. The topological polar surface area (TPSA) is 348 Å². The van der Waals surface area contributed by atoms with E-state index in [2.05, 4.69) is 50.4 Å². The predicted molar refractivity (Wildman–Crippen MR) is 543 cm³/mol. The molecule has 3 heterocycles. The summed E-state index contributed by atoms with van der Waals surface area (Å²) in [5, 5.41) is 2.84. The van der Waals surface area contributed by atoms with E-state index in [-0.39, 0.29) is 82.9 Å². The van der Waals surface area contributed by atoms with Crippen molar-refractivity contribution < 1.29 is 129 Å². The zero-order valence-electron chi connectivity index (χ0n) is 82.7. The summed E-state index contributed by atoms with van der Waals surface area (Å²) in [5.41, 5.74) is 1.01. The second-order valence-electron chi connectivity index (χ2n) is 34.2. The molecular weight excluding hydrogens is 1850 g/mol. The average Bonchev–Trinajstić information content (AvgIpc) is 1.61. The molecule has 4 saturated carbocycles. The summed E-state index contributed by atoms with van der Waals surface area (Å²) in [5.74, 6) is 2.66. The maximum atomic E-state index is 13.2. The first kappa shape index (κ1) is 117. The molecule has 4 aliphatic rings. The molecule has 0 amide bonds. The van der Waals surface area contributed by atoms with E-state index in [0.717, 1.165) is 160 Å². The number of fused-ring (bicyclic) bond motifs is 2. The zero-order chi connectivity index (χ0) is 101. The number of nitrogens with zero attached hydrogens (tertiary/aromatic N) is 1. The first-order valence-corrected chi connectivity index (χ1v) is 51.3. The van der Waals surface area contributed by atoms with Crippen LogP contribution in [0.4, 0.5) is 0 Å². The molecule has 3 aromatic heterocycles. The Bertz CT molecular complexity index is 4770. The third-order valence-electron chi connectivity index (χ3n) is 24.2. The van der Waals surface area contributed by atoms with E-state index >= 15 is 0 Å². The normalized spacial score (nSPS) is 17.2. The molecule has 11 rings (SSSR count). The van der Waals surface area contributed by atoms with Gasteiger partial charge >= 0.3 is 53.7 Å². The molecular formula is C109H145NO27S3. The Morgan fingerprint density at radius 3 is 1.08 bits per heavy atom. The number of esters is 9. The Morgan fingerprint density at radius 2 is 0.679 bits per heavy atom. The van der Waals surface area contributed by atoms with Crippen molar-refractivity contribution in [2.75, 3.05) is 95.0 Å². The largest absolute Gasteiger partial charge is 0.497 e. The van der Waals surface area contributed by atoms with Crippen LogP contribution >= 0.6 is 34.0 Å². The molecule has 4 fully saturated rings. The molecule has 7 aromatic rings. The van der Waals surface area contributed by atoms with Crippen LogP contribution in [0.15, 0.2) is 166 Å². The van der Waals surface area contributed by atoms with Gasteiger partial charge in [-0.2, -0.15) is 0 Å². The maximum absolute atomic E-state index is 13.2. The number of hydrogen-bond donors (Lipinski definition) is 0. The fourth-order valence-electron chi connectivity index (χ4n) is 15.7. The lowest BCUT2D eigenvalue weighted by molar-refractivity contribution is -0.151. The van der Waals surface area contributed by atoms with E-state index in [4.69, 9.17) is 80.8 Å². The number of ether oxygens (including phenoxy) is 16. The third kappa shape index (κ3) is 46.4. The van der Waals surface area contributed by atoms with Crippen molar-refractivity contribution in [3.8, 4) is 50.1 Å². The molecule has 0 aliphatic heterocycles. The van der Waals surface area contributed by atoms with Gasteiger partial charge in [-0.15, -0.1) is 34.0 Å². The second-order valence-corrected chi connectivity index (χ2v) is 37.2. The van der Waals surface area contributed by atoms with Gasteiger partial charge in [0.15, 0.2) is 11.5 Å². The van der Waals surface area contributed by atoms with E-state index in [1.54, 1.807) is 101 Å². The number of methoxy groups -OCH3 is 5. The van der Waals surface area contributed by atoms with Gasteiger partial charge in [-0.25, -0.2) is 33.8 Å². The lowest BCUT2D eigenvalue weighted by atomic mass is 9.80. The first-order chi connectivity index (χ1) is 67.9. The lowest BCUT2D eigenvalue weighted by Gasteiger charge is -2.27. The van der Waals surface area contributed by atoms with Crippen molar-refractivity contribution in [3.63, 3.8) is 0 Å². The molecule has 0 N–H and O–H groups in total. The van der Waals surface area contributed by atoms with Crippen molar-refractivity contribution >= 4 is 119 Å².